The molecule has 1 aliphatic heterocycles. The van der Waals surface area contributed by atoms with Crippen molar-refractivity contribution in [2.75, 3.05) is 20.4 Å². The highest BCUT2D eigenvalue weighted by atomic mass is 16.7. The smallest absolute Gasteiger partial charge is 0.254 e. The number of fused-ring (bicyclic) bond motifs is 1. The Balaban J connectivity index is 1.51. The highest BCUT2D eigenvalue weighted by Crippen LogP contribution is 2.59. The van der Waals surface area contributed by atoms with Crippen molar-refractivity contribution in [3.63, 3.8) is 0 Å². The van der Waals surface area contributed by atoms with Crippen molar-refractivity contribution >= 4 is 5.91 Å². The van der Waals surface area contributed by atoms with Crippen LogP contribution in [0.3, 0.4) is 0 Å². The Kier molecular flexibility index (Phi) is 3.48. The monoisotopic (exact) mass is 317 g/mol. The molecule has 1 heterocycles. The van der Waals surface area contributed by atoms with Crippen LogP contribution in [0.4, 0.5) is 0 Å². The van der Waals surface area contributed by atoms with Gasteiger partial charge in [-0.05, 0) is 44.4 Å². The van der Waals surface area contributed by atoms with Gasteiger partial charge in [-0.15, -0.1) is 0 Å². The molecule has 0 radical (unpaired) electrons. The van der Waals surface area contributed by atoms with E-state index in [9.17, 15) is 4.79 Å². The molecule has 1 aromatic carbocycles. The van der Waals surface area contributed by atoms with Gasteiger partial charge >= 0.3 is 0 Å². The molecule has 1 amide bonds. The van der Waals surface area contributed by atoms with Gasteiger partial charge in [-0.3, -0.25) is 4.79 Å². The number of benzene rings is 1. The highest BCUT2D eigenvalue weighted by molar-refractivity contribution is 5.95. The van der Waals surface area contributed by atoms with E-state index in [1.807, 2.05) is 31.0 Å². The fraction of sp³-hybridized carbons (Fsp3) is 0.611. The second-order valence-corrected chi connectivity index (χ2v) is 6.77. The van der Waals surface area contributed by atoms with Crippen molar-refractivity contribution in [1.82, 2.24) is 4.90 Å². The summed E-state index contributed by atoms with van der Waals surface area (Å²) in [6, 6.07) is 5.70. The average molecular weight is 317 g/mol. The zero-order chi connectivity index (χ0) is 16.0. The Hall–Kier alpha value is -1.75. The molecule has 23 heavy (non-hydrogen) atoms. The van der Waals surface area contributed by atoms with Gasteiger partial charge in [0.25, 0.3) is 5.91 Å². The van der Waals surface area contributed by atoms with E-state index in [2.05, 4.69) is 0 Å². The summed E-state index contributed by atoms with van der Waals surface area (Å²) < 4.78 is 16.6. The maximum absolute atomic E-state index is 12.9. The summed E-state index contributed by atoms with van der Waals surface area (Å²) >= 11 is 0. The molecule has 1 aromatic rings. The third-order valence-corrected chi connectivity index (χ3v) is 5.80. The number of carbonyl (C=O) groups is 1. The SMILES string of the molecule is CCOC1CC(N(C)C(=O)c2ccc3c(c2)OCO3)C12CCC2. The topological polar surface area (TPSA) is 48.0 Å². The van der Waals surface area contributed by atoms with Crippen LogP contribution in [0, 0.1) is 5.41 Å². The van der Waals surface area contributed by atoms with Gasteiger partial charge in [-0.1, -0.05) is 6.42 Å². The van der Waals surface area contributed by atoms with Gasteiger partial charge in [0.2, 0.25) is 6.79 Å². The first-order valence-corrected chi connectivity index (χ1v) is 8.44. The first-order valence-electron chi connectivity index (χ1n) is 8.44. The van der Waals surface area contributed by atoms with E-state index in [0.29, 0.717) is 23.2 Å². The molecule has 5 nitrogen and oxygen atoms in total. The average Bonchev–Trinajstić information content (AvgIpc) is 2.95. The molecule has 1 spiro atoms. The standard InChI is InChI=1S/C18H23NO4/c1-3-21-16-10-15(18(16)7-4-8-18)19(2)17(20)12-5-6-13-14(9-12)23-11-22-13/h5-6,9,15-16H,3-4,7-8,10-11H2,1-2H3. The van der Waals surface area contributed by atoms with E-state index < -0.39 is 0 Å². The Bertz CT molecular complexity index is 625. The summed E-state index contributed by atoms with van der Waals surface area (Å²) in [6.45, 7) is 3.02. The summed E-state index contributed by atoms with van der Waals surface area (Å²) in [5, 5.41) is 0. The summed E-state index contributed by atoms with van der Waals surface area (Å²) in [7, 11) is 1.92. The molecule has 0 aromatic heterocycles. The van der Waals surface area contributed by atoms with Crippen LogP contribution in [-0.4, -0.2) is 43.4 Å². The largest absolute Gasteiger partial charge is 0.454 e. The molecule has 0 N–H and O–H groups in total. The number of hydrogen-bond acceptors (Lipinski definition) is 4. The number of rotatable bonds is 4. The van der Waals surface area contributed by atoms with Gasteiger partial charge in [0.05, 0.1) is 6.10 Å². The maximum atomic E-state index is 12.9. The maximum Gasteiger partial charge on any atom is 0.254 e. The van der Waals surface area contributed by atoms with Gasteiger partial charge in [0, 0.05) is 30.7 Å². The van der Waals surface area contributed by atoms with Crippen molar-refractivity contribution in [3.8, 4) is 11.5 Å². The van der Waals surface area contributed by atoms with Crippen LogP contribution < -0.4 is 9.47 Å². The fourth-order valence-corrected chi connectivity index (χ4v) is 4.32. The summed E-state index contributed by atoms with van der Waals surface area (Å²) in [5.41, 5.74) is 0.850. The normalized spacial score (nSPS) is 26.5. The molecular formula is C18H23NO4. The summed E-state index contributed by atoms with van der Waals surface area (Å²) in [5.74, 6) is 1.41. The Morgan fingerprint density at radius 1 is 1.35 bits per heavy atom. The molecule has 2 fully saturated rings. The van der Waals surface area contributed by atoms with Gasteiger partial charge < -0.3 is 19.1 Å². The molecule has 2 atom stereocenters. The lowest BCUT2D eigenvalue weighted by atomic mass is 9.50. The minimum Gasteiger partial charge on any atom is -0.454 e. The Morgan fingerprint density at radius 2 is 2.13 bits per heavy atom. The van der Waals surface area contributed by atoms with Crippen molar-refractivity contribution in [3.05, 3.63) is 23.8 Å². The molecule has 2 aliphatic carbocycles. The second kappa shape index (κ2) is 5.41. The van der Waals surface area contributed by atoms with Crippen molar-refractivity contribution in [1.29, 1.82) is 0 Å². The third-order valence-electron chi connectivity index (χ3n) is 5.80. The Labute approximate surface area is 136 Å². The molecule has 2 unspecified atom stereocenters. The zero-order valence-corrected chi connectivity index (χ0v) is 13.7. The molecule has 0 bridgehead atoms. The van der Waals surface area contributed by atoms with Crippen LogP contribution >= 0.6 is 0 Å². The summed E-state index contributed by atoms with van der Waals surface area (Å²) in [4.78, 5) is 14.8. The molecule has 3 aliphatic rings. The summed E-state index contributed by atoms with van der Waals surface area (Å²) in [6.07, 6.45) is 4.84. The number of amides is 1. The predicted octanol–water partition coefficient (Wildman–Crippen LogP) is 2.84. The molecule has 0 saturated heterocycles. The van der Waals surface area contributed by atoms with Crippen LogP contribution in [0.1, 0.15) is 43.0 Å². The van der Waals surface area contributed by atoms with E-state index in [0.717, 1.165) is 13.0 Å². The molecule has 5 heteroatoms. The van der Waals surface area contributed by atoms with Crippen LogP contribution in [-0.2, 0) is 4.74 Å². The number of carbonyl (C=O) groups excluding carboxylic acids is 1. The lowest BCUT2D eigenvalue weighted by Gasteiger charge is -2.63. The number of ether oxygens (including phenoxy) is 3. The molecule has 2 saturated carbocycles. The van der Waals surface area contributed by atoms with Crippen molar-refractivity contribution < 1.29 is 19.0 Å². The molecule has 4 rings (SSSR count). The molecular weight excluding hydrogens is 294 g/mol. The zero-order valence-electron chi connectivity index (χ0n) is 13.7. The van der Waals surface area contributed by atoms with Crippen LogP contribution in [0.2, 0.25) is 0 Å². The van der Waals surface area contributed by atoms with E-state index in [-0.39, 0.29) is 24.2 Å². The van der Waals surface area contributed by atoms with Crippen molar-refractivity contribution in [2.24, 2.45) is 5.41 Å². The number of hydrogen-bond donors (Lipinski definition) is 0. The van der Waals surface area contributed by atoms with Crippen molar-refractivity contribution in [2.45, 2.75) is 44.8 Å². The fourth-order valence-electron chi connectivity index (χ4n) is 4.32. The van der Waals surface area contributed by atoms with Gasteiger partial charge in [0.15, 0.2) is 11.5 Å². The minimum absolute atomic E-state index is 0.0505. The lowest BCUT2D eigenvalue weighted by Crippen LogP contribution is -2.67. The van der Waals surface area contributed by atoms with Gasteiger partial charge in [-0.2, -0.15) is 0 Å². The second-order valence-electron chi connectivity index (χ2n) is 6.77. The van der Waals surface area contributed by atoms with Gasteiger partial charge in [-0.25, -0.2) is 0 Å². The first kappa shape index (κ1) is 14.8. The predicted molar refractivity (Wildman–Crippen MR) is 84.8 cm³/mol. The van der Waals surface area contributed by atoms with Gasteiger partial charge in [0.1, 0.15) is 0 Å². The quantitative estimate of drug-likeness (QED) is 0.857. The van der Waals surface area contributed by atoms with E-state index in [1.165, 1.54) is 19.3 Å². The Morgan fingerprint density at radius 3 is 2.83 bits per heavy atom. The van der Waals surface area contributed by atoms with Crippen LogP contribution in [0.25, 0.3) is 0 Å². The van der Waals surface area contributed by atoms with Crippen LogP contribution in [0.5, 0.6) is 11.5 Å². The third kappa shape index (κ3) is 2.13. The highest BCUT2D eigenvalue weighted by Gasteiger charge is 2.60. The first-order chi connectivity index (χ1) is 11.2. The van der Waals surface area contributed by atoms with E-state index >= 15 is 0 Å². The minimum atomic E-state index is 0.0505. The van der Waals surface area contributed by atoms with E-state index in [4.69, 9.17) is 14.2 Å². The van der Waals surface area contributed by atoms with E-state index in [1.54, 1.807) is 6.07 Å². The van der Waals surface area contributed by atoms with Crippen LogP contribution in [0.15, 0.2) is 18.2 Å². The number of nitrogens with zero attached hydrogens (tertiary/aromatic N) is 1. The molecule has 124 valence electrons. The lowest BCUT2D eigenvalue weighted by molar-refractivity contribution is -0.192.